The number of likely N-dealkylation sites (tertiary alicyclic amines) is 1. The van der Waals surface area contributed by atoms with Crippen molar-refractivity contribution in [2.24, 2.45) is 10.9 Å². The van der Waals surface area contributed by atoms with Crippen molar-refractivity contribution < 1.29 is 0 Å². The summed E-state index contributed by atoms with van der Waals surface area (Å²) in [6.45, 7) is 5.40. The topological polar surface area (TPSA) is 39.7 Å². The molecule has 1 aromatic rings. The second kappa shape index (κ2) is 10.9. The number of aliphatic imine (C=N–C) groups is 1. The van der Waals surface area contributed by atoms with Crippen LogP contribution < -0.4 is 10.6 Å². The van der Waals surface area contributed by atoms with E-state index in [0.29, 0.717) is 18.5 Å². The standard InChI is InChI=1S/C17H26N4S.HI/c1-4-10-19-17(18-5-2)20-13-14-8-6-11-21(3)16(14)15-9-7-12-22-15;/h1,7,9,12,14,16H,5-6,8,10-11,13H2,2-3H3,(H2,18,19,20);1H. The highest BCUT2D eigenvalue weighted by molar-refractivity contribution is 14.0. The van der Waals surface area contributed by atoms with Gasteiger partial charge in [-0.25, -0.2) is 0 Å². The van der Waals surface area contributed by atoms with Gasteiger partial charge in [-0.3, -0.25) is 9.89 Å². The number of nitrogens with one attached hydrogen (secondary N) is 2. The van der Waals surface area contributed by atoms with Gasteiger partial charge in [-0.2, -0.15) is 0 Å². The van der Waals surface area contributed by atoms with Crippen molar-refractivity contribution in [2.45, 2.75) is 25.8 Å². The molecule has 0 amide bonds. The van der Waals surface area contributed by atoms with Crippen molar-refractivity contribution in [3.63, 3.8) is 0 Å². The first-order chi connectivity index (χ1) is 10.8. The number of thiophene rings is 1. The van der Waals surface area contributed by atoms with E-state index in [-0.39, 0.29) is 24.0 Å². The highest BCUT2D eigenvalue weighted by atomic mass is 127. The van der Waals surface area contributed by atoms with Crippen LogP contribution >= 0.6 is 35.3 Å². The Hall–Kier alpha value is -0.780. The monoisotopic (exact) mass is 446 g/mol. The number of hydrogen-bond acceptors (Lipinski definition) is 3. The van der Waals surface area contributed by atoms with Crippen molar-refractivity contribution >= 4 is 41.3 Å². The van der Waals surface area contributed by atoms with E-state index in [1.807, 2.05) is 11.3 Å². The molecule has 2 atom stereocenters. The third-order valence-electron chi connectivity index (χ3n) is 4.03. The van der Waals surface area contributed by atoms with Crippen molar-refractivity contribution in [1.82, 2.24) is 15.5 Å². The number of hydrogen-bond donors (Lipinski definition) is 2. The van der Waals surface area contributed by atoms with Crippen LogP contribution in [-0.4, -0.2) is 44.1 Å². The molecule has 1 aromatic heterocycles. The molecule has 0 aliphatic carbocycles. The molecule has 1 aliphatic heterocycles. The van der Waals surface area contributed by atoms with Gasteiger partial charge in [0.15, 0.2) is 5.96 Å². The molecule has 1 saturated heterocycles. The molecule has 2 N–H and O–H groups in total. The number of nitrogens with zero attached hydrogens (tertiary/aromatic N) is 2. The second-order valence-electron chi connectivity index (χ2n) is 5.62. The zero-order valence-electron chi connectivity index (χ0n) is 13.9. The average molecular weight is 446 g/mol. The minimum absolute atomic E-state index is 0. The van der Waals surface area contributed by atoms with Crippen LogP contribution in [0, 0.1) is 18.3 Å². The van der Waals surface area contributed by atoms with Crippen LogP contribution in [0.2, 0.25) is 0 Å². The molecule has 0 saturated carbocycles. The van der Waals surface area contributed by atoms with Gasteiger partial charge in [-0.1, -0.05) is 12.0 Å². The minimum atomic E-state index is 0. The van der Waals surface area contributed by atoms with Crippen LogP contribution in [0.25, 0.3) is 0 Å². The Labute approximate surface area is 161 Å². The van der Waals surface area contributed by atoms with Crippen LogP contribution in [0.4, 0.5) is 0 Å². The minimum Gasteiger partial charge on any atom is -0.357 e. The molecule has 0 radical (unpaired) electrons. The van der Waals surface area contributed by atoms with E-state index >= 15 is 0 Å². The molecule has 0 aromatic carbocycles. The van der Waals surface area contributed by atoms with E-state index in [1.165, 1.54) is 17.7 Å². The summed E-state index contributed by atoms with van der Waals surface area (Å²) >= 11 is 1.85. The van der Waals surface area contributed by atoms with Gasteiger partial charge >= 0.3 is 0 Å². The van der Waals surface area contributed by atoms with Gasteiger partial charge in [0, 0.05) is 24.0 Å². The Morgan fingerprint density at radius 3 is 3.00 bits per heavy atom. The quantitative estimate of drug-likeness (QED) is 0.316. The van der Waals surface area contributed by atoms with E-state index in [4.69, 9.17) is 11.4 Å². The largest absolute Gasteiger partial charge is 0.357 e. The number of halogens is 1. The van der Waals surface area contributed by atoms with Gasteiger partial charge in [0.2, 0.25) is 0 Å². The summed E-state index contributed by atoms with van der Waals surface area (Å²) in [4.78, 5) is 8.66. The van der Waals surface area contributed by atoms with Crippen LogP contribution in [0.3, 0.4) is 0 Å². The van der Waals surface area contributed by atoms with Gasteiger partial charge < -0.3 is 10.6 Å². The van der Waals surface area contributed by atoms with E-state index in [2.05, 4.69) is 52.9 Å². The van der Waals surface area contributed by atoms with Crippen molar-refractivity contribution in [1.29, 1.82) is 0 Å². The molecule has 2 unspecified atom stereocenters. The highest BCUT2D eigenvalue weighted by Gasteiger charge is 2.30. The molecule has 0 spiro atoms. The molecule has 6 heteroatoms. The predicted molar refractivity (Wildman–Crippen MR) is 111 cm³/mol. The van der Waals surface area contributed by atoms with Crippen LogP contribution in [0.15, 0.2) is 22.5 Å². The van der Waals surface area contributed by atoms with Crippen molar-refractivity contribution in [2.75, 3.05) is 33.2 Å². The summed E-state index contributed by atoms with van der Waals surface area (Å²) in [5, 5.41) is 8.58. The van der Waals surface area contributed by atoms with Crippen molar-refractivity contribution in [3.05, 3.63) is 22.4 Å². The molecule has 2 heterocycles. The summed E-state index contributed by atoms with van der Waals surface area (Å²) in [5.41, 5.74) is 0. The number of piperidine rings is 1. The Morgan fingerprint density at radius 1 is 1.52 bits per heavy atom. The van der Waals surface area contributed by atoms with Crippen LogP contribution in [0.5, 0.6) is 0 Å². The summed E-state index contributed by atoms with van der Waals surface area (Å²) in [6.07, 6.45) is 7.79. The zero-order chi connectivity index (χ0) is 15.8. The normalized spacial score (nSPS) is 22.0. The van der Waals surface area contributed by atoms with Gasteiger partial charge in [0.05, 0.1) is 6.54 Å². The van der Waals surface area contributed by atoms with Gasteiger partial charge in [-0.05, 0) is 50.7 Å². The van der Waals surface area contributed by atoms with Crippen LogP contribution in [0.1, 0.15) is 30.7 Å². The third kappa shape index (κ3) is 5.98. The fourth-order valence-corrected chi connectivity index (χ4v) is 4.03. The molecule has 23 heavy (non-hydrogen) atoms. The van der Waals surface area contributed by atoms with Crippen molar-refractivity contribution in [3.8, 4) is 12.3 Å². The van der Waals surface area contributed by atoms with Gasteiger partial charge in [-0.15, -0.1) is 41.7 Å². The van der Waals surface area contributed by atoms with Gasteiger partial charge in [0.25, 0.3) is 0 Å². The second-order valence-corrected chi connectivity index (χ2v) is 6.60. The van der Waals surface area contributed by atoms with E-state index in [0.717, 1.165) is 25.6 Å². The highest BCUT2D eigenvalue weighted by Crippen LogP contribution is 2.37. The Bertz CT molecular complexity index is 509. The summed E-state index contributed by atoms with van der Waals surface area (Å²) in [5.74, 6) is 3.97. The first kappa shape index (κ1) is 20.3. The lowest BCUT2D eigenvalue weighted by atomic mass is 9.88. The van der Waals surface area contributed by atoms with E-state index in [9.17, 15) is 0 Å². The fraction of sp³-hybridized carbons (Fsp3) is 0.588. The predicted octanol–water partition coefficient (Wildman–Crippen LogP) is 2.94. The van der Waals surface area contributed by atoms with E-state index in [1.54, 1.807) is 0 Å². The maximum atomic E-state index is 5.32. The SMILES string of the molecule is C#CCNC(=NCC1CCCN(C)C1c1cccs1)NCC.I. The summed E-state index contributed by atoms with van der Waals surface area (Å²) in [6, 6.07) is 4.87. The lowest BCUT2D eigenvalue weighted by Crippen LogP contribution is -2.40. The zero-order valence-corrected chi connectivity index (χ0v) is 17.1. The lowest BCUT2D eigenvalue weighted by molar-refractivity contribution is 0.128. The van der Waals surface area contributed by atoms with Gasteiger partial charge in [0.1, 0.15) is 0 Å². The number of guanidine groups is 1. The fourth-order valence-electron chi connectivity index (χ4n) is 3.04. The Morgan fingerprint density at radius 2 is 2.35 bits per heavy atom. The maximum absolute atomic E-state index is 5.32. The number of rotatable bonds is 5. The molecule has 128 valence electrons. The molecular formula is C17H27IN4S. The Kier molecular flexibility index (Phi) is 9.60. The van der Waals surface area contributed by atoms with Crippen LogP contribution in [-0.2, 0) is 0 Å². The number of terminal acetylenes is 1. The third-order valence-corrected chi connectivity index (χ3v) is 4.97. The first-order valence-electron chi connectivity index (χ1n) is 7.95. The molecule has 1 aliphatic rings. The van der Waals surface area contributed by atoms with E-state index < -0.39 is 0 Å². The molecule has 1 fully saturated rings. The summed E-state index contributed by atoms with van der Waals surface area (Å²) < 4.78 is 0. The molecule has 0 bridgehead atoms. The Balaban J connectivity index is 0.00000264. The smallest absolute Gasteiger partial charge is 0.192 e. The maximum Gasteiger partial charge on any atom is 0.192 e. The summed E-state index contributed by atoms with van der Waals surface area (Å²) in [7, 11) is 2.22. The lowest BCUT2D eigenvalue weighted by Gasteiger charge is -2.38. The average Bonchev–Trinajstić information content (AvgIpc) is 3.04. The molecule has 2 rings (SSSR count). The first-order valence-corrected chi connectivity index (χ1v) is 8.83. The molecular weight excluding hydrogens is 419 g/mol. The molecule has 4 nitrogen and oxygen atoms in total.